The Morgan fingerprint density at radius 1 is 1.33 bits per heavy atom. The van der Waals surface area contributed by atoms with Crippen LogP contribution < -0.4 is 15.4 Å². The van der Waals surface area contributed by atoms with Crippen LogP contribution in [-0.2, 0) is 6.54 Å². The molecule has 1 aromatic carbocycles. The van der Waals surface area contributed by atoms with Gasteiger partial charge in [-0.05, 0) is 56.1 Å². The topological polar surface area (TPSA) is 48.9 Å². The van der Waals surface area contributed by atoms with Crippen molar-refractivity contribution in [1.82, 2.24) is 15.5 Å². The quantitative estimate of drug-likeness (QED) is 0.401. The average Bonchev–Trinajstić information content (AvgIpc) is 3.02. The molecule has 1 aromatic rings. The van der Waals surface area contributed by atoms with E-state index < -0.39 is 0 Å². The number of rotatable bonds is 6. The van der Waals surface area contributed by atoms with E-state index in [9.17, 15) is 0 Å². The minimum Gasteiger partial charge on any atom is -0.497 e. The number of methoxy groups -OCH3 is 1. The molecule has 0 aliphatic carbocycles. The summed E-state index contributed by atoms with van der Waals surface area (Å²) in [6, 6.07) is 6.88. The van der Waals surface area contributed by atoms with Crippen molar-refractivity contribution >= 4 is 29.9 Å². The van der Waals surface area contributed by atoms with E-state index in [4.69, 9.17) is 4.74 Å². The Hall–Kier alpha value is -1.02. The van der Waals surface area contributed by atoms with Crippen LogP contribution in [0.4, 0.5) is 0 Å². The summed E-state index contributed by atoms with van der Waals surface area (Å²) in [6.07, 6.45) is 2.57. The lowest BCUT2D eigenvalue weighted by atomic mass is 10.1. The minimum absolute atomic E-state index is 0. The first-order valence-corrected chi connectivity index (χ1v) is 8.49. The van der Waals surface area contributed by atoms with Gasteiger partial charge in [-0.25, -0.2) is 0 Å². The van der Waals surface area contributed by atoms with Crippen molar-refractivity contribution in [1.29, 1.82) is 0 Å². The van der Waals surface area contributed by atoms with Crippen molar-refractivity contribution in [2.24, 2.45) is 4.99 Å². The highest BCUT2D eigenvalue weighted by Gasteiger charge is 2.22. The van der Waals surface area contributed by atoms with Gasteiger partial charge in [-0.15, -0.1) is 24.0 Å². The molecule has 136 valence electrons. The van der Waals surface area contributed by atoms with Gasteiger partial charge in [0.2, 0.25) is 0 Å². The van der Waals surface area contributed by atoms with Gasteiger partial charge in [-0.3, -0.25) is 9.89 Å². The molecule has 5 nitrogen and oxygen atoms in total. The maximum atomic E-state index is 5.33. The first kappa shape index (κ1) is 21.0. The van der Waals surface area contributed by atoms with Crippen LogP contribution in [0, 0.1) is 6.92 Å². The van der Waals surface area contributed by atoms with E-state index >= 15 is 0 Å². The number of hydrogen-bond donors (Lipinski definition) is 2. The summed E-state index contributed by atoms with van der Waals surface area (Å²) in [5.74, 6) is 1.75. The summed E-state index contributed by atoms with van der Waals surface area (Å²) in [4.78, 5) is 6.86. The SMILES string of the molecule is CCN1CCCC1CNC(=NC)NCc1cc(C)cc(OC)c1.I. The van der Waals surface area contributed by atoms with Gasteiger partial charge >= 0.3 is 0 Å². The number of halogens is 1. The molecular formula is C18H31IN4O. The van der Waals surface area contributed by atoms with Crippen LogP contribution in [0.15, 0.2) is 23.2 Å². The molecule has 1 unspecified atom stereocenters. The van der Waals surface area contributed by atoms with Crippen LogP contribution in [0.2, 0.25) is 0 Å². The van der Waals surface area contributed by atoms with Gasteiger partial charge in [-0.1, -0.05) is 13.0 Å². The number of aryl methyl sites for hydroxylation is 1. The molecule has 0 saturated carbocycles. The fraction of sp³-hybridized carbons (Fsp3) is 0.611. The normalized spacial score (nSPS) is 18.2. The molecule has 1 aliphatic rings. The Bertz CT molecular complexity index is 536. The molecule has 0 aromatic heterocycles. The number of nitrogens with one attached hydrogen (secondary N) is 2. The summed E-state index contributed by atoms with van der Waals surface area (Å²) in [6.45, 7) is 8.35. The summed E-state index contributed by atoms with van der Waals surface area (Å²) in [7, 11) is 3.52. The highest BCUT2D eigenvalue weighted by molar-refractivity contribution is 14.0. The second kappa shape index (κ2) is 10.8. The Morgan fingerprint density at radius 3 is 2.79 bits per heavy atom. The lowest BCUT2D eigenvalue weighted by Crippen LogP contribution is -2.44. The smallest absolute Gasteiger partial charge is 0.191 e. The fourth-order valence-electron chi connectivity index (χ4n) is 3.21. The van der Waals surface area contributed by atoms with Gasteiger partial charge in [0.15, 0.2) is 5.96 Å². The zero-order valence-electron chi connectivity index (χ0n) is 15.3. The summed E-state index contributed by atoms with van der Waals surface area (Å²) in [5.41, 5.74) is 2.40. The molecule has 1 aliphatic heterocycles. The third kappa shape index (κ3) is 6.12. The third-order valence-corrected chi connectivity index (χ3v) is 4.44. The molecule has 0 bridgehead atoms. The van der Waals surface area contributed by atoms with Crippen molar-refractivity contribution in [2.45, 2.75) is 39.3 Å². The molecule has 6 heteroatoms. The van der Waals surface area contributed by atoms with E-state index in [-0.39, 0.29) is 24.0 Å². The zero-order chi connectivity index (χ0) is 16.7. The number of likely N-dealkylation sites (tertiary alicyclic amines) is 1. The summed E-state index contributed by atoms with van der Waals surface area (Å²) < 4.78 is 5.33. The van der Waals surface area contributed by atoms with Gasteiger partial charge in [0.05, 0.1) is 7.11 Å². The van der Waals surface area contributed by atoms with E-state index in [1.54, 1.807) is 7.11 Å². The largest absolute Gasteiger partial charge is 0.497 e. The highest BCUT2D eigenvalue weighted by atomic mass is 127. The number of benzene rings is 1. The maximum absolute atomic E-state index is 5.33. The minimum atomic E-state index is 0. The van der Waals surface area contributed by atoms with Crippen LogP contribution in [0.3, 0.4) is 0 Å². The van der Waals surface area contributed by atoms with Gasteiger partial charge in [0.25, 0.3) is 0 Å². The van der Waals surface area contributed by atoms with E-state index in [1.165, 1.54) is 30.5 Å². The van der Waals surface area contributed by atoms with E-state index in [0.717, 1.165) is 31.3 Å². The Balaban J connectivity index is 0.00000288. The van der Waals surface area contributed by atoms with Crippen LogP contribution >= 0.6 is 24.0 Å². The predicted octanol–water partition coefficient (Wildman–Crippen LogP) is 2.77. The first-order valence-electron chi connectivity index (χ1n) is 8.49. The van der Waals surface area contributed by atoms with E-state index in [1.807, 2.05) is 13.1 Å². The standard InChI is InChI=1S/C18H30N4O.HI/c1-5-22-8-6-7-16(22)13-21-18(19-3)20-12-15-9-14(2)10-17(11-15)23-4;/h9-11,16H,5-8,12-13H2,1-4H3,(H2,19,20,21);1H. The maximum Gasteiger partial charge on any atom is 0.191 e. The second-order valence-corrected chi connectivity index (χ2v) is 6.09. The Kier molecular flexibility index (Phi) is 9.43. The number of guanidine groups is 1. The number of hydrogen-bond acceptors (Lipinski definition) is 3. The summed E-state index contributed by atoms with van der Waals surface area (Å²) >= 11 is 0. The molecule has 1 saturated heterocycles. The highest BCUT2D eigenvalue weighted by Crippen LogP contribution is 2.17. The molecule has 24 heavy (non-hydrogen) atoms. The van der Waals surface area contributed by atoms with Crippen molar-refractivity contribution in [3.05, 3.63) is 29.3 Å². The van der Waals surface area contributed by atoms with E-state index in [0.29, 0.717) is 6.04 Å². The third-order valence-electron chi connectivity index (χ3n) is 4.44. The molecule has 2 rings (SSSR count). The van der Waals surface area contributed by atoms with Crippen molar-refractivity contribution in [3.8, 4) is 5.75 Å². The molecule has 1 heterocycles. The Labute approximate surface area is 163 Å². The van der Waals surface area contributed by atoms with Crippen molar-refractivity contribution < 1.29 is 4.74 Å². The van der Waals surface area contributed by atoms with Crippen LogP contribution in [-0.4, -0.2) is 50.7 Å². The molecule has 0 radical (unpaired) electrons. The molecule has 0 spiro atoms. The monoisotopic (exact) mass is 446 g/mol. The molecule has 0 amide bonds. The van der Waals surface area contributed by atoms with Gasteiger partial charge in [0.1, 0.15) is 5.75 Å². The Morgan fingerprint density at radius 2 is 2.12 bits per heavy atom. The van der Waals surface area contributed by atoms with Crippen LogP contribution in [0.1, 0.15) is 30.9 Å². The van der Waals surface area contributed by atoms with Gasteiger partial charge < -0.3 is 15.4 Å². The average molecular weight is 446 g/mol. The predicted molar refractivity (Wildman–Crippen MR) is 112 cm³/mol. The number of likely N-dealkylation sites (N-methyl/N-ethyl adjacent to an activating group) is 1. The summed E-state index contributed by atoms with van der Waals surface area (Å²) in [5, 5.41) is 6.84. The fourth-order valence-corrected chi connectivity index (χ4v) is 3.21. The number of aliphatic imine (C=N–C) groups is 1. The zero-order valence-corrected chi connectivity index (χ0v) is 17.6. The number of ether oxygens (including phenoxy) is 1. The second-order valence-electron chi connectivity index (χ2n) is 6.09. The lowest BCUT2D eigenvalue weighted by Gasteiger charge is -2.24. The van der Waals surface area contributed by atoms with Gasteiger partial charge in [0, 0.05) is 26.2 Å². The molecule has 1 fully saturated rings. The van der Waals surface area contributed by atoms with E-state index in [2.05, 4.69) is 46.5 Å². The van der Waals surface area contributed by atoms with Crippen molar-refractivity contribution in [3.63, 3.8) is 0 Å². The van der Waals surface area contributed by atoms with Crippen LogP contribution in [0.5, 0.6) is 5.75 Å². The van der Waals surface area contributed by atoms with Crippen LogP contribution in [0.25, 0.3) is 0 Å². The van der Waals surface area contributed by atoms with Crippen molar-refractivity contribution in [2.75, 3.05) is 33.8 Å². The number of nitrogens with zero attached hydrogens (tertiary/aromatic N) is 2. The molecule has 2 N–H and O–H groups in total. The molecular weight excluding hydrogens is 415 g/mol. The molecule has 1 atom stereocenters. The van der Waals surface area contributed by atoms with Gasteiger partial charge in [-0.2, -0.15) is 0 Å². The lowest BCUT2D eigenvalue weighted by molar-refractivity contribution is 0.267. The first-order chi connectivity index (χ1) is 11.2.